The van der Waals surface area contributed by atoms with E-state index < -0.39 is 16.2 Å². The molecule has 4 spiro atoms. The highest BCUT2D eigenvalue weighted by atomic mass is 16.3. The molecule has 141 heavy (non-hydrogen) atoms. The van der Waals surface area contributed by atoms with Gasteiger partial charge in [-0.25, -0.2) is 0 Å². The van der Waals surface area contributed by atoms with Gasteiger partial charge in [0.25, 0.3) is 0 Å². The summed E-state index contributed by atoms with van der Waals surface area (Å²) in [7, 11) is 0. The van der Waals surface area contributed by atoms with Gasteiger partial charge in [0.1, 0.15) is 0 Å². The molecule has 18 aromatic rings. The van der Waals surface area contributed by atoms with Crippen LogP contribution >= 0.6 is 0 Å². The predicted molar refractivity (Wildman–Crippen MR) is 589 cm³/mol. The number of aryl methyl sites for hydroxylation is 14. The van der Waals surface area contributed by atoms with Gasteiger partial charge in [0, 0.05) is 12.0 Å². The average molecular weight is 1820 g/mol. The Bertz CT molecular complexity index is 7980. The molecule has 1 heteroatoms. The summed E-state index contributed by atoms with van der Waals surface area (Å²) < 4.78 is 0. The highest BCUT2D eigenvalue weighted by Crippen LogP contribution is 2.72. The number of aliphatic hydroxyl groups is 1. The van der Waals surface area contributed by atoms with Crippen molar-refractivity contribution in [1.82, 2.24) is 0 Å². The Kier molecular flexibility index (Phi) is 20.2. The van der Waals surface area contributed by atoms with E-state index in [1.54, 1.807) is 11.1 Å². The lowest BCUT2D eigenvalue weighted by molar-refractivity contribution is 0.234. The zero-order valence-electron chi connectivity index (χ0n) is 84.5. The van der Waals surface area contributed by atoms with Gasteiger partial charge in [-0.2, -0.15) is 0 Å². The van der Waals surface area contributed by atoms with E-state index in [9.17, 15) is 0 Å². The molecule has 10 aliphatic rings. The third-order valence-electron chi connectivity index (χ3n) is 35.6. The van der Waals surface area contributed by atoms with Crippen molar-refractivity contribution in [2.24, 2.45) is 5.92 Å². The molecule has 0 aliphatic heterocycles. The maximum absolute atomic E-state index is 8.33. The zero-order chi connectivity index (χ0) is 96.6. The Morgan fingerprint density at radius 2 is 0.454 bits per heavy atom. The van der Waals surface area contributed by atoms with Crippen LogP contribution < -0.4 is 0 Å². The molecule has 1 fully saturated rings. The van der Waals surface area contributed by atoms with Gasteiger partial charge in [0.2, 0.25) is 0 Å². The number of rotatable bonds is 6. The van der Waals surface area contributed by atoms with Crippen LogP contribution in [0, 0.1) is 103 Å². The van der Waals surface area contributed by atoms with Crippen LogP contribution in [-0.4, -0.2) is 11.7 Å². The predicted octanol–water partition coefficient (Wildman–Crippen LogP) is 34.4. The molecule has 0 aromatic heterocycles. The molecule has 0 saturated heterocycles. The Labute approximate surface area is 834 Å². The van der Waals surface area contributed by atoms with E-state index in [1.807, 2.05) is 6.92 Å². The molecule has 1 nitrogen and oxygen atoms in total. The molecule has 0 heterocycles. The van der Waals surface area contributed by atoms with Crippen molar-refractivity contribution < 1.29 is 5.11 Å². The first-order valence-corrected chi connectivity index (χ1v) is 51.8. The van der Waals surface area contributed by atoms with Gasteiger partial charge in [-0.05, 0) is 408 Å². The van der Waals surface area contributed by atoms with Crippen LogP contribution in [0.3, 0.4) is 0 Å². The second-order valence-corrected chi connectivity index (χ2v) is 43.6. The van der Waals surface area contributed by atoms with Gasteiger partial charge >= 0.3 is 0 Å². The lowest BCUT2D eigenvalue weighted by Crippen LogP contribution is -2.29. The SMILES string of the molecule is CCC(C)CO.Cc1ccc2c(c1)C1(C=Cc3ccccc31)c1cc3c(cc1-2)C(c1ccccc1)(c1ccccc1)c1cc(C)ccc1-3.Cc1ccc2c(c1)C1(CCCCC1)c1cc3c(cc1-2)C(c1ccccc1)(c1ccccc1)c1cc(C)ccc1-3.Cc1ccc2c(c1)C1(c3cc(C)c(C)cc3-c3cc(C)c(C)cc31)c1cc3c(cc1-2)C1(c2cc(C)ccc2-3)c2cc(C)c(C)cc2-c2cc(C)c(C)cc21. The monoisotopic (exact) mass is 1820 g/mol. The second-order valence-electron chi connectivity index (χ2n) is 43.6. The molecule has 0 bridgehead atoms. The molecule has 1 saturated carbocycles. The second kappa shape index (κ2) is 32.4. The van der Waals surface area contributed by atoms with Crippen molar-refractivity contribution in [3.63, 3.8) is 0 Å². The zero-order valence-corrected chi connectivity index (χ0v) is 84.5. The molecular formula is C140H122O. The Balaban J connectivity index is 0.000000110. The van der Waals surface area contributed by atoms with E-state index >= 15 is 0 Å². The normalized spacial score (nSPS) is 16.6. The smallest absolute Gasteiger partial charge is 0.0726 e. The molecule has 18 aromatic carbocycles. The number of aliphatic hydroxyl groups excluding tert-OH is 1. The van der Waals surface area contributed by atoms with Gasteiger partial charge in [-0.15, -0.1) is 0 Å². The summed E-state index contributed by atoms with van der Waals surface area (Å²) in [5.41, 5.74) is 70.2. The molecule has 0 radical (unpaired) electrons. The van der Waals surface area contributed by atoms with Crippen LogP contribution in [0.2, 0.25) is 0 Å². The minimum absolute atomic E-state index is 0.152. The fourth-order valence-electron chi connectivity index (χ4n) is 28.1. The fraction of sp³-hybridized carbons (Fsp3) is 0.214. The first-order chi connectivity index (χ1) is 68.4. The lowest BCUT2D eigenvalue weighted by atomic mass is 9.66. The minimum atomic E-state index is -0.404. The van der Waals surface area contributed by atoms with Crippen LogP contribution in [0.1, 0.15) is 253 Å². The van der Waals surface area contributed by atoms with E-state index in [-0.39, 0.29) is 16.2 Å². The lowest BCUT2D eigenvalue weighted by Gasteiger charge is -2.37. The quantitative estimate of drug-likeness (QED) is 0.176. The highest BCUT2D eigenvalue weighted by Gasteiger charge is 2.59. The minimum Gasteiger partial charge on any atom is -0.396 e. The van der Waals surface area contributed by atoms with Crippen LogP contribution in [0.15, 0.2) is 346 Å². The summed E-state index contributed by atoms with van der Waals surface area (Å²) in [5, 5.41) is 8.33. The summed E-state index contributed by atoms with van der Waals surface area (Å²) in [5.74, 6) is 0.491. The van der Waals surface area contributed by atoms with Crippen molar-refractivity contribution in [1.29, 1.82) is 0 Å². The van der Waals surface area contributed by atoms with Crippen molar-refractivity contribution in [2.45, 2.75) is 182 Å². The Morgan fingerprint density at radius 3 is 0.794 bits per heavy atom. The number of fused-ring (bicyclic) bond motifs is 38. The van der Waals surface area contributed by atoms with Crippen LogP contribution in [0.5, 0.6) is 0 Å². The third kappa shape index (κ3) is 12.2. The molecule has 2 atom stereocenters. The molecule has 688 valence electrons. The molecule has 28 rings (SSSR count). The fourth-order valence-corrected chi connectivity index (χ4v) is 28.1. The van der Waals surface area contributed by atoms with Gasteiger partial charge in [-0.1, -0.05) is 388 Å². The van der Waals surface area contributed by atoms with Crippen LogP contribution in [0.25, 0.3) is 95.1 Å². The summed E-state index contributed by atoms with van der Waals surface area (Å²) in [6.07, 6.45) is 12.4. The topological polar surface area (TPSA) is 20.2 Å². The number of benzene rings is 18. The van der Waals surface area contributed by atoms with Gasteiger partial charge in [0.15, 0.2) is 0 Å². The standard InChI is InChI=1S/C54H46.C42H30.C39H34.C5H12O/c1-27-11-13-37-43-25-52-44(26-51(43)53(45(37)15-27)47-21-33(7)29(3)17-39(47)40-18-30(4)34(8)22-48(40)53)38-14-12-28(2)16-46(38)54(52)49-23-35(9)31(5)19-41(49)42-20-32(6)36(10)24-50(42)54;1-27-17-19-32-34-26-40-35(25-38(34)41(37(32)23-27)22-21-29-11-9-10-16-36(29)41)33-20-18-28(2)24-39(33)42(40,30-12-5-3-6-13-30)31-14-7-4-8-15-31;1-26-16-18-30-32-25-37-33(24-35(32)38(34(30)22-26)20-10-5-11-21-38)31-19-17-27(2)23-36(31)39(37,28-12-6-3-7-13-28)29-14-8-4-9-15-29;1-3-5(2)4-6/h11-26H,1-10H3;3-26H,1-2H3;3-4,6-9,12-19,22-25H,5,10-11,20-21H2,1-2H3;5-6H,3-4H2,1-2H3. The maximum Gasteiger partial charge on any atom is 0.0726 e. The maximum atomic E-state index is 8.33. The van der Waals surface area contributed by atoms with E-state index in [2.05, 4.69) is 456 Å². The summed E-state index contributed by atoms with van der Waals surface area (Å²) in [4.78, 5) is 0. The Morgan fingerprint density at radius 1 is 0.220 bits per heavy atom. The van der Waals surface area contributed by atoms with Crippen molar-refractivity contribution in [3.8, 4) is 89.0 Å². The van der Waals surface area contributed by atoms with Crippen molar-refractivity contribution >= 4 is 6.08 Å². The third-order valence-corrected chi connectivity index (χ3v) is 35.6. The largest absolute Gasteiger partial charge is 0.396 e. The molecule has 1 N–H and O–H groups in total. The molecule has 10 aliphatic carbocycles. The number of hydrogen-bond acceptors (Lipinski definition) is 1. The van der Waals surface area contributed by atoms with Crippen molar-refractivity contribution in [2.75, 3.05) is 6.61 Å². The van der Waals surface area contributed by atoms with E-state index in [0.29, 0.717) is 12.5 Å². The summed E-state index contributed by atoms with van der Waals surface area (Å²) in [6.45, 7) is 36.2. The van der Waals surface area contributed by atoms with Crippen molar-refractivity contribution in [3.05, 3.63) is 546 Å². The summed E-state index contributed by atoms with van der Waals surface area (Å²) in [6, 6.07) is 132. The molecule has 2 unspecified atom stereocenters. The Hall–Kier alpha value is -14.3. The number of hydrogen-bond donors (Lipinski definition) is 1. The first kappa shape index (κ1) is 88.1. The first-order valence-electron chi connectivity index (χ1n) is 51.8. The van der Waals surface area contributed by atoms with Gasteiger partial charge < -0.3 is 5.11 Å². The van der Waals surface area contributed by atoms with Crippen LogP contribution in [0.4, 0.5) is 0 Å². The average Bonchev–Trinajstić information content (AvgIpc) is 1.48. The van der Waals surface area contributed by atoms with E-state index in [4.69, 9.17) is 5.11 Å². The summed E-state index contributed by atoms with van der Waals surface area (Å²) >= 11 is 0. The number of allylic oxidation sites excluding steroid dienone is 1. The molecular weight excluding hydrogens is 1700 g/mol. The highest BCUT2D eigenvalue weighted by molar-refractivity contribution is 6.04. The van der Waals surface area contributed by atoms with Crippen LogP contribution in [-0.2, 0) is 32.5 Å². The van der Waals surface area contributed by atoms with E-state index in [0.717, 1.165) is 6.42 Å². The van der Waals surface area contributed by atoms with E-state index in [1.165, 1.54) is 310 Å². The van der Waals surface area contributed by atoms with Gasteiger partial charge in [0.05, 0.1) is 27.1 Å². The van der Waals surface area contributed by atoms with Gasteiger partial charge in [-0.3, -0.25) is 0 Å². The molecule has 0 amide bonds.